The largest absolute Gasteiger partial charge is 0.494 e. The monoisotopic (exact) mass is 321 g/mol. The van der Waals surface area contributed by atoms with E-state index in [9.17, 15) is 4.79 Å². The molecule has 0 N–H and O–H groups in total. The van der Waals surface area contributed by atoms with E-state index in [1.165, 1.54) is 0 Å². The highest BCUT2D eigenvalue weighted by Gasteiger charge is 2.22. The van der Waals surface area contributed by atoms with Gasteiger partial charge in [-0.3, -0.25) is 4.79 Å². The summed E-state index contributed by atoms with van der Waals surface area (Å²) in [5, 5.41) is 0.919. The molecule has 0 aliphatic heterocycles. The van der Waals surface area contributed by atoms with Crippen LogP contribution in [0.4, 0.5) is 0 Å². The molecule has 1 aromatic heterocycles. The third kappa shape index (κ3) is 3.27. The molecule has 0 saturated heterocycles. The van der Waals surface area contributed by atoms with Crippen LogP contribution in [0, 0.1) is 0 Å². The number of carbonyl (C=O) groups excluding carboxylic acids is 1. The Morgan fingerprint density at radius 1 is 1.24 bits per heavy atom. The number of ketones is 1. The highest BCUT2D eigenvalue weighted by Crippen LogP contribution is 2.33. The van der Waals surface area contributed by atoms with Crippen molar-refractivity contribution in [3.8, 4) is 16.3 Å². The van der Waals surface area contributed by atoms with Gasteiger partial charge in [-0.15, -0.1) is 22.9 Å². The summed E-state index contributed by atoms with van der Waals surface area (Å²) < 4.78 is 5.58. The predicted molar refractivity (Wildman–Crippen MR) is 85.7 cm³/mol. The molecule has 0 amide bonds. The molecular formula is C16H16ClNO2S. The predicted octanol–water partition coefficient (Wildman–Crippen LogP) is 4.34. The van der Waals surface area contributed by atoms with Crippen molar-refractivity contribution in [3.05, 3.63) is 34.8 Å². The summed E-state index contributed by atoms with van der Waals surface area (Å²) in [6, 6.07) is 7.85. The first kappa shape index (κ1) is 14.5. The number of thiazole rings is 1. The lowest BCUT2D eigenvalue weighted by molar-refractivity contribution is 0.0968. The molecule has 5 heteroatoms. The molecule has 1 heterocycles. The molecule has 0 saturated carbocycles. The summed E-state index contributed by atoms with van der Waals surface area (Å²) in [4.78, 5) is 17.5. The summed E-state index contributed by atoms with van der Waals surface area (Å²) in [5.41, 5.74) is 1.72. The van der Waals surface area contributed by atoms with Gasteiger partial charge in [-0.25, -0.2) is 4.98 Å². The van der Waals surface area contributed by atoms with Gasteiger partial charge in [-0.2, -0.15) is 0 Å². The van der Waals surface area contributed by atoms with Crippen molar-refractivity contribution in [3.63, 3.8) is 0 Å². The summed E-state index contributed by atoms with van der Waals surface area (Å²) >= 11 is 7.25. The maximum absolute atomic E-state index is 11.8. The van der Waals surface area contributed by atoms with Crippen LogP contribution in [0.3, 0.4) is 0 Å². The molecular weight excluding hydrogens is 306 g/mol. The Hall–Kier alpha value is -1.39. The van der Waals surface area contributed by atoms with Gasteiger partial charge in [0.1, 0.15) is 16.5 Å². The van der Waals surface area contributed by atoms with Crippen molar-refractivity contribution >= 4 is 28.7 Å². The molecule has 21 heavy (non-hydrogen) atoms. The smallest absolute Gasteiger partial charge is 0.182 e. The Kier molecular flexibility index (Phi) is 4.56. The lowest BCUT2D eigenvalue weighted by atomic mass is 10.0. The SMILES string of the molecule is O=C1CCCc2sc(-c3ccc(OCCCCl)cc3)nc21. The van der Waals surface area contributed by atoms with Crippen LogP contribution in [0.1, 0.15) is 34.6 Å². The van der Waals surface area contributed by atoms with Gasteiger partial charge in [-0.05, 0) is 43.5 Å². The van der Waals surface area contributed by atoms with E-state index in [0.717, 1.165) is 40.5 Å². The fourth-order valence-corrected chi connectivity index (χ4v) is 3.56. The van der Waals surface area contributed by atoms with Gasteiger partial charge in [0.05, 0.1) is 6.61 Å². The van der Waals surface area contributed by atoms with E-state index in [-0.39, 0.29) is 5.78 Å². The van der Waals surface area contributed by atoms with Gasteiger partial charge in [0.2, 0.25) is 0 Å². The van der Waals surface area contributed by atoms with Crippen molar-refractivity contribution in [1.29, 1.82) is 0 Å². The number of hydrogen-bond acceptors (Lipinski definition) is 4. The summed E-state index contributed by atoms with van der Waals surface area (Å²) in [6.45, 7) is 0.628. The highest BCUT2D eigenvalue weighted by atomic mass is 35.5. The third-order valence-electron chi connectivity index (χ3n) is 3.42. The van der Waals surface area contributed by atoms with Crippen molar-refractivity contribution in [1.82, 2.24) is 4.98 Å². The molecule has 3 rings (SSSR count). The second-order valence-corrected chi connectivity index (χ2v) is 6.44. The Morgan fingerprint density at radius 3 is 2.76 bits per heavy atom. The van der Waals surface area contributed by atoms with Crippen LogP contribution in [0.15, 0.2) is 24.3 Å². The standard InChI is InChI=1S/C16H16ClNO2S/c17-9-2-10-20-12-7-5-11(6-8-12)16-18-15-13(19)3-1-4-14(15)21-16/h5-8H,1-4,9-10H2. The Bertz CT molecular complexity index is 636. The first-order valence-corrected chi connectivity index (χ1v) is 8.45. The molecule has 0 unspecified atom stereocenters. The lowest BCUT2D eigenvalue weighted by Gasteiger charge is -2.06. The molecule has 110 valence electrons. The number of aromatic nitrogens is 1. The molecule has 3 nitrogen and oxygen atoms in total. The van der Waals surface area contributed by atoms with E-state index in [4.69, 9.17) is 16.3 Å². The quantitative estimate of drug-likeness (QED) is 0.607. The molecule has 0 radical (unpaired) electrons. The third-order valence-corrected chi connectivity index (χ3v) is 4.85. The lowest BCUT2D eigenvalue weighted by Crippen LogP contribution is -2.08. The van der Waals surface area contributed by atoms with E-state index in [1.54, 1.807) is 11.3 Å². The number of ether oxygens (including phenoxy) is 1. The van der Waals surface area contributed by atoms with Crippen LogP contribution >= 0.6 is 22.9 Å². The minimum absolute atomic E-state index is 0.180. The molecule has 1 aliphatic rings. The number of Topliss-reactive ketones (excluding diaryl/α,β-unsaturated/α-hetero) is 1. The maximum atomic E-state index is 11.8. The summed E-state index contributed by atoms with van der Waals surface area (Å²) in [5.74, 6) is 1.62. The van der Waals surface area contributed by atoms with Gasteiger partial charge in [0.15, 0.2) is 5.78 Å². The summed E-state index contributed by atoms with van der Waals surface area (Å²) in [6.07, 6.45) is 3.38. The van der Waals surface area contributed by atoms with Crippen molar-refractivity contribution in [2.75, 3.05) is 12.5 Å². The zero-order valence-corrected chi connectivity index (χ0v) is 13.2. The first-order valence-electron chi connectivity index (χ1n) is 7.10. The van der Waals surface area contributed by atoms with Crippen molar-refractivity contribution in [2.45, 2.75) is 25.7 Å². The Labute approximate surface area is 132 Å². The molecule has 0 fully saturated rings. The van der Waals surface area contributed by atoms with Crippen LogP contribution < -0.4 is 4.74 Å². The average Bonchev–Trinajstić information content (AvgIpc) is 2.94. The normalized spacial score (nSPS) is 14.0. The van der Waals surface area contributed by atoms with Crippen LogP contribution in [0.25, 0.3) is 10.6 Å². The van der Waals surface area contributed by atoms with E-state index in [1.807, 2.05) is 24.3 Å². The molecule has 1 aliphatic carbocycles. The van der Waals surface area contributed by atoms with Gasteiger partial charge in [0.25, 0.3) is 0 Å². The minimum Gasteiger partial charge on any atom is -0.494 e. The average molecular weight is 322 g/mol. The number of fused-ring (bicyclic) bond motifs is 1. The Balaban J connectivity index is 1.76. The van der Waals surface area contributed by atoms with Crippen LogP contribution in [-0.4, -0.2) is 23.3 Å². The first-order chi connectivity index (χ1) is 10.3. The maximum Gasteiger partial charge on any atom is 0.182 e. The minimum atomic E-state index is 0.180. The summed E-state index contributed by atoms with van der Waals surface area (Å²) in [7, 11) is 0. The number of halogens is 1. The van der Waals surface area contributed by atoms with E-state index >= 15 is 0 Å². The van der Waals surface area contributed by atoms with Crippen LogP contribution in [0.5, 0.6) is 5.75 Å². The van der Waals surface area contributed by atoms with Gasteiger partial charge in [0, 0.05) is 22.7 Å². The van der Waals surface area contributed by atoms with E-state index in [0.29, 0.717) is 24.6 Å². The number of rotatable bonds is 5. The molecule has 0 bridgehead atoms. The zero-order chi connectivity index (χ0) is 14.7. The fraction of sp³-hybridized carbons (Fsp3) is 0.375. The van der Waals surface area contributed by atoms with Gasteiger partial charge >= 0.3 is 0 Å². The number of aryl methyl sites for hydroxylation is 1. The van der Waals surface area contributed by atoms with Crippen LogP contribution in [0.2, 0.25) is 0 Å². The van der Waals surface area contributed by atoms with Crippen molar-refractivity contribution < 1.29 is 9.53 Å². The topological polar surface area (TPSA) is 39.2 Å². The second kappa shape index (κ2) is 6.58. The number of alkyl halides is 1. The molecule has 0 atom stereocenters. The highest BCUT2D eigenvalue weighted by molar-refractivity contribution is 7.15. The number of carbonyl (C=O) groups is 1. The van der Waals surface area contributed by atoms with E-state index < -0.39 is 0 Å². The number of nitrogens with zero attached hydrogens (tertiary/aromatic N) is 1. The van der Waals surface area contributed by atoms with Gasteiger partial charge in [-0.1, -0.05) is 0 Å². The molecule has 1 aromatic carbocycles. The zero-order valence-electron chi connectivity index (χ0n) is 11.6. The Morgan fingerprint density at radius 2 is 2.05 bits per heavy atom. The number of hydrogen-bond donors (Lipinski definition) is 0. The van der Waals surface area contributed by atoms with E-state index in [2.05, 4.69) is 4.98 Å². The van der Waals surface area contributed by atoms with Crippen LogP contribution in [-0.2, 0) is 6.42 Å². The fourth-order valence-electron chi connectivity index (χ4n) is 2.33. The molecule has 2 aromatic rings. The van der Waals surface area contributed by atoms with Gasteiger partial charge < -0.3 is 4.74 Å². The second-order valence-electron chi connectivity index (χ2n) is 4.98. The molecule has 0 spiro atoms. The van der Waals surface area contributed by atoms with Crippen molar-refractivity contribution in [2.24, 2.45) is 0 Å². The number of benzene rings is 1.